The van der Waals surface area contributed by atoms with Gasteiger partial charge in [-0.1, -0.05) is 12.1 Å². The van der Waals surface area contributed by atoms with Gasteiger partial charge >= 0.3 is 0 Å². The van der Waals surface area contributed by atoms with Crippen molar-refractivity contribution in [3.05, 3.63) is 35.6 Å². The molecule has 0 bridgehead atoms. The van der Waals surface area contributed by atoms with Crippen molar-refractivity contribution < 1.29 is 9.18 Å². The Balaban J connectivity index is 2.90. The molecule has 1 aromatic rings. The number of nitrogens with one attached hydrogen (secondary N) is 1. The van der Waals surface area contributed by atoms with E-state index in [9.17, 15) is 9.18 Å². The van der Waals surface area contributed by atoms with Gasteiger partial charge in [0.1, 0.15) is 11.7 Å². The molecule has 0 fully saturated rings. The maximum absolute atomic E-state index is 13.0. The molecule has 4 heteroatoms. The zero-order valence-electron chi connectivity index (χ0n) is 8.68. The van der Waals surface area contributed by atoms with Crippen molar-refractivity contribution >= 4 is 17.5 Å². The van der Waals surface area contributed by atoms with Crippen LogP contribution < -0.4 is 5.32 Å². The summed E-state index contributed by atoms with van der Waals surface area (Å²) in [5, 5.41) is 2.71. The Morgan fingerprint density at radius 2 is 2.20 bits per heavy atom. The molecule has 0 atom stereocenters. The monoisotopic (exact) mass is 229 g/mol. The molecule has 15 heavy (non-hydrogen) atoms. The molecule has 0 saturated carbocycles. The smallest absolute Gasteiger partial charge is 0.235 e. The normalized spacial score (nSPS) is 11.2. The van der Waals surface area contributed by atoms with Gasteiger partial charge in [-0.3, -0.25) is 4.79 Å². The number of hydrogen-bond donors (Lipinski definition) is 1. The molecule has 2 nitrogen and oxygen atoms in total. The molecule has 0 aromatic heterocycles. The van der Waals surface area contributed by atoms with E-state index in [2.05, 4.69) is 5.32 Å². The Morgan fingerprint density at radius 1 is 1.53 bits per heavy atom. The van der Waals surface area contributed by atoms with Crippen molar-refractivity contribution in [2.45, 2.75) is 19.4 Å². The van der Waals surface area contributed by atoms with Crippen molar-refractivity contribution in [3.8, 4) is 0 Å². The molecule has 0 radical (unpaired) electrons. The number of carbonyl (C=O) groups is 1. The van der Waals surface area contributed by atoms with Crippen molar-refractivity contribution in [1.29, 1.82) is 0 Å². The molecule has 1 N–H and O–H groups in total. The van der Waals surface area contributed by atoms with E-state index in [1.165, 1.54) is 12.1 Å². The van der Waals surface area contributed by atoms with Gasteiger partial charge in [0.15, 0.2) is 0 Å². The fourth-order valence-electron chi connectivity index (χ4n) is 1.33. The predicted octanol–water partition coefficient (Wildman–Crippen LogP) is 2.42. The number of alkyl halides is 1. The van der Waals surface area contributed by atoms with E-state index in [-0.39, 0.29) is 17.6 Å². The summed E-state index contributed by atoms with van der Waals surface area (Å²) >= 11 is 5.39. The first-order valence-corrected chi connectivity index (χ1v) is 5.12. The van der Waals surface area contributed by atoms with Crippen LogP contribution in [0.1, 0.15) is 19.4 Å². The third kappa shape index (κ3) is 3.20. The lowest BCUT2D eigenvalue weighted by molar-refractivity contribution is -0.120. The average Bonchev–Trinajstić information content (AvgIpc) is 2.17. The second kappa shape index (κ2) is 4.62. The molecule has 82 valence electrons. The zero-order valence-corrected chi connectivity index (χ0v) is 9.44. The lowest BCUT2D eigenvalue weighted by Gasteiger charge is -2.26. The van der Waals surface area contributed by atoms with Crippen LogP contribution in [0.3, 0.4) is 0 Å². The Labute approximate surface area is 93.4 Å². The number of hydrogen-bond acceptors (Lipinski definition) is 1. The van der Waals surface area contributed by atoms with Crippen LogP contribution in [0.2, 0.25) is 0 Å². The minimum Gasteiger partial charge on any atom is -0.346 e. The van der Waals surface area contributed by atoms with E-state index in [1.54, 1.807) is 26.0 Å². The third-order valence-corrected chi connectivity index (χ3v) is 2.36. The summed E-state index contributed by atoms with van der Waals surface area (Å²) in [5.74, 6) is -0.690. The summed E-state index contributed by atoms with van der Waals surface area (Å²) in [4.78, 5) is 11.1. The first-order valence-electron chi connectivity index (χ1n) is 4.59. The van der Waals surface area contributed by atoms with Gasteiger partial charge in [-0.15, -0.1) is 11.6 Å². The molecule has 0 aliphatic heterocycles. The van der Waals surface area contributed by atoms with Crippen molar-refractivity contribution in [3.63, 3.8) is 0 Å². The molecule has 0 saturated heterocycles. The van der Waals surface area contributed by atoms with Crippen LogP contribution in [-0.2, 0) is 10.3 Å². The predicted molar refractivity (Wildman–Crippen MR) is 58.3 cm³/mol. The van der Waals surface area contributed by atoms with Crippen LogP contribution in [0.15, 0.2) is 24.3 Å². The van der Waals surface area contributed by atoms with Crippen LogP contribution in [0.4, 0.5) is 4.39 Å². The van der Waals surface area contributed by atoms with Gasteiger partial charge in [0.25, 0.3) is 0 Å². The topological polar surface area (TPSA) is 29.1 Å². The quantitative estimate of drug-likeness (QED) is 0.793. The minimum absolute atomic E-state index is 0.0985. The van der Waals surface area contributed by atoms with Crippen molar-refractivity contribution in [2.75, 3.05) is 5.88 Å². The lowest BCUT2D eigenvalue weighted by atomic mass is 9.94. The highest BCUT2D eigenvalue weighted by molar-refractivity contribution is 6.27. The van der Waals surface area contributed by atoms with Gasteiger partial charge in [0, 0.05) is 0 Å². The van der Waals surface area contributed by atoms with Crippen molar-refractivity contribution in [1.82, 2.24) is 5.32 Å². The van der Waals surface area contributed by atoms with Crippen LogP contribution in [0.25, 0.3) is 0 Å². The number of carbonyl (C=O) groups excluding carboxylic acids is 1. The lowest BCUT2D eigenvalue weighted by Crippen LogP contribution is -2.41. The summed E-state index contributed by atoms with van der Waals surface area (Å²) in [5.41, 5.74) is 0.0922. The summed E-state index contributed by atoms with van der Waals surface area (Å²) in [6, 6.07) is 6.13. The highest BCUT2D eigenvalue weighted by Crippen LogP contribution is 2.20. The van der Waals surface area contributed by atoms with E-state index in [4.69, 9.17) is 11.6 Å². The van der Waals surface area contributed by atoms with E-state index < -0.39 is 5.54 Å². The number of halogens is 2. The van der Waals surface area contributed by atoms with Crippen LogP contribution in [0, 0.1) is 5.82 Å². The van der Waals surface area contributed by atoms with Crippen LogP contribution >= 0.6 is 11.6 Å². The second-order valence-electron chi connectivity index (χ2n) is 3.82. The van der Waals surface area contributed by atoms with E-state index in [0.29, 0.717) is 5.56 Å². The summed E-state index contributed by atoms with van der Waals surface area (Å²) in [7, 11) is 0. The molecule has 1 aromatic carbocycles. The summed E-state index contributed by atoms with van der Waals surface area (Å²) in [6.07, 6.45) is 0. The Bertz CT molecular complexity index is 365. The summed E-state index contributed by atoms with van der Waals surface area (Å²) < 4.78 is 13.0. The van der Waals surface area contributed by atoms with Gasteiger partial charge in [-0.05, 0) is 31.5 Å². The van der Waals surface area contributed by atoms with Gasteiger partial charge in [-0.2, -0.15) is 0 Å². The van der Waals surface area contributed by atoms with Crippen LogP contribution in [-0.4, -0.2) is 11.8 Å². The minimum atomic E-state index is -0.617. The zero-order chi connectivity index (χ0) is 11.5. The molecular weight excluding hydrogens is 217 g/mol. The van der Waals surface area contributed by atoms with Gasteiger partial charge < -0.3 is 5.32 Å². The Morgan fingerprint density at radius 3 is 2.73 bits per heavy atom. The fourth-order valence-corrected chi connectivity index (χ4v) is 1.40. The average molecular weight is 230 g/mol. The highest BCUT2D eigenvalue weighted by Gasteiger charge is 2.22. The van der Waals surface area contributed by atoms with Gasteiger partial charge in [0.05, 0.1) is 5.54 Å². The molecular formula is C11H13ClFNO. The third-order valence-electron chi connectivity index (χ3n) is 2.12. The maximum Gasteiger partial charge on any atom is 0.235 e. The highest BCUT2D eigenvalue weighted by atomic mass is 35.5. The van der Waals surface area contributed by atoms with E-state index >= 15 is 0 Å². The standard InChI is InChI=1S/C11H13ClFNO/c1-11(2,14-10(15)7-12)8-4-3-5-9(13)6-8/h3-6H,7H2,1-2H3,(H,14,15). The molecule has 0 heterocycles. The van der Waals surface area contributed by atoms with Crippen LogP contribution in [0.5, 0.6) is 0 Å². The summed E-state index contributed by atoms with van der Waals surface area (Å²) in [6.45, 7) is 3.60. The molecule has 1 amide bonds. The first kappa shape index (κ1) is 12.0. The molecule has 0 unspecified atom stereocenters. The molecule has 0 aliphatic carbocycles. The maximum atomic E-state index is 13.0. The number of rotatable bonds is 3. The first-order chi connectivity index (χ1) is 6.95. The SMILES string of the molecule is CC(C)(NC(=O)CCl)c1cccc(F)c1. The molecule has 0 aliphatic rings. The van der Waals surface area contributed by atoms with E-state index in [1.807, 2.05) is 0 Å². The Kier molecular flexibility index (Phi) is 3.69. The molecule has 0 spiro atoms. The van der Waals surface area contributed by atoms with Gasteiger partial charge in [0.2, 0.25) is 5.91 Å². The second-order valence-corrected chi connectivity index (χ2v) is 4.08. The Hall–Kier alpha value is -1.09. The van der Waals surface area contributed by atoms with E-state index in [0.717, 1.165) is 0 Å². The van der Waals surface area contributed by atoms with Crippen molar-refractivity contribution in [2.24, 2.45) is 0 Å². The number of amides is 1. The fraction of sp³-hybridized carbons (Fsp3) is 0.364. The number of benzene rings is 1. The molecule has 1 rings (SSSR count). The largest absolute Gasteiger partial charge is 0.346 e. The van der Waals surface area contributed by atoms with Gasteiger partial charge in [-0.25, -0.2) is 4.39 Å².